The first kappa shape index (κ1) is 25.7. The number of aryl methyl sites for hydroxylation is 1. The van der Waals surface area contributed by atoms with Gasteiger partial charge < -0.3 is 5.11 Å². The Balaban J connectivity index is 1.77. The first-order valence-electron chi connectivity index (χ1n) is 11.9. The summed E-state index contributed by atoms with van der Waals surface area (Å²) in [6, 6.07) is 25.3. The van der Waals surface area contributed by atoms with Gasteiger partial charge in [-0.1, -0.05) is 72.3 Å². The van der Waals surface area contributed by atoms with E-state index in [9.17, 15) is 27.9 Å². The summed E-state index contributed by atoms with van der Waals surface area (Å²) >= 11 is 0. The lowest BCUT2D eigenvalue weighted by atomic mass is 9.91. The van der Waals surface area contributed by atoms with Crippen molar-refractivity contribution in [3.63, 3.8) is 0 Å². The SMILES string of the molecule is Cc1ccc(N(C(=O)O)c2cccc(-c3c(C(=O)c4ccccc4)cnc4c(C(F)(F)F)cccc34)c2)cc1. The lowest BCUT2D eigenvalue weighted by molar-refractivity contribution is -0.136. The highest BCUT2D eigenvalue weighted by molar-refractivity contribution is 6.17. The number of fused-ring (bicyclic) bond motifs is 1. The van der Waals surface area contributed by atoms with Gasteiger partial charge in [0.05, 0.1) is 22.5 Å². The van der Waals surface area contributed by atoms with Gasteiger partial charge in [-0.2, -0.15) is 13.2 Å². The number of para-hydroxylation sites is 1. The molecule has 0 unspecified atom stereocenters. The monoisotopic (exact) mass is 526 g/mol. The Bertz CT molecular complexity index is 1700. The van der Waals surface area contributed by atoms with Gasteiger partial charge in [0.15, 0.2) is 5.78 Å². The van der Waals surface area contributed by atoms with Gasteiger partial charge in [-0.25, -0.2) is 9.69 Å². The molecule has 5 rings (SSSR count). The molecular weight excluding hydrogens is 505 g/mol. The van der Waals surface area contributed by atoms with E-state index in [4.69, 9.17) is 0 Å². The summed E-state index contributed by atoms with van der Waals surface area (Å²) in [6.07, 6.45) is -4.75. The second-order valence-corrected chi connectivity index (χ2v) is 8.95. The minimum absolute atomic E-state index is 0.0994. The number of nitrogens with zero attached hydrogens (tertiary/aromatic N) is 2. The molecule has 0 aliphatic carbocycles. The molecule has 4 aromatic carbocycles. The Morgan fingerprint density at radius 3 is 2.18 bits per heavy atom. The normalized spacial score (nSPS) is 11.4. The van der Waals surface area contributed by atoms with Crippen LogP contribution in [0.3, 0.4) is 0 Å². The van der Waals surface area contributed by atoms with Crippen molar-refractivity contribution in [1.29, 1.82) is 0 Å². The molecule has 0 saturated heterocycles. The Morgan fingerprint density at radius 2 is 1.51 bits per heavy atom. The molecule has 0 fully saturated rings. The van der Waals surface area contributed by atoms with Crippen molar-refractivity contribution in [2.75, 3.05) is 4.90 Å². The maximum atomic E-state index is 13.9. The van der Waals surface area contributed by atoms with E-state index >= 15 is 0 Å². The first-order valence-corrected chi connectivity index (χ1v) is 11.9. The molecule has 0 aliphatic rings. The number of hydrogen-bond donors (Lipinski definition) is 1. The number of halogens is 3. The van der Waals surface area contributed by atoms with Crippen molar-refractivity contribution < 1.29 is 27.9 Å². The molecule has 1 heterocycles. The number of rotatable bonds is 5. The van der Waals surface area contributed by atoms with Gasteiger partial charge in [0, 0.05) is 28.3 Å². The minimum atomic E-state index is -4.66. The van der Waals surface area contributed by atoms with Crippen LogP contribution in [0.2, 0.25) is 0 Å². The number of ketones is 1. The maximum Gasteiger partial charge on any atom is 0.418 e. The Morgan fingerprint density at radius 1 is 0.821 bits per heavy atom. The molecule has 8 heteroatoms. The van der Waals surface area contributed by atoms with Gasteiger partial charge in [0.25, 0.3) is 0 Å². The van der Waals surface area contributed by atoms with Crippen LogP contribution in [-0.4, -0.2) is 22.0 Å². The smallest absolute Gasteiger partial charge is 0.418 e. The number of amides is 1. The molecule has 0 radical (unpaired) electrons. The van der Waals surface area contributed by atoms with E-state index in [0.717, 1.165) is 22.7 Å². The third-order valence-electron chi connectivity index (χ3n) is 6.36. The Kier molecular flexibility index (Phi) is 6.62. The maximum absolute atomic E-state index is 13.9. The molecule has 1 aromatic heterocycles. The van der Waals surface area contributed by atoms with Crippen LogP contribution in [-0.2, 0) is 6.18 Å². The summed E-state index contributed by atoms with van der Waals surface area (Å²) < 4.78 is 41.6. The Labute approximate surface area is 221 Å². The van der Waals surface area contributed by atoms with Gasteiger partial charge >= 0.3 is 12.3 Å². The molecule has 0 aliphatic heterocycles. The van der Waals surface area contributed by atoms with E-state index in [1.165, 1.54) is 12.1 Å². The zero-order chi connectivity index (χ0) is 27.7. The van der Waals surface area contributed by atoms with E-state index in [1.807, 2.05) is 6.92 Å². The summed E-state index contributed by atoms with van der Waals surface area (Å²) in [6.45, 7) is 1.88. The van der Waals surface area contributed by atoms with Crippen LogP contribution in [0.4, 0.5) is 29.3 Å². The second kappa shape index (κ2) is 10.1. The summed E-state index contributed by atoms with van der Waals surface area (Å²) in [7, 11) is 0. The second-order valence-electron chi connectivity index (χ2n) is 8.95. The van der Waals surface area contributed by atoms with Crippen LogP contribution >= 0.6 is 0 Å². The number of carbonyl (C=O) groups is 2. The summed E-state index contributed by atoms with van der Waals surface area (Å²) in [5.74, 6) is -0.420. The van der Waals surface area contributed by atoms with Crippen molar-refractivity contribution in [1.82, 2.24) is 4.98 Å². The van der Waals surface area contributed by atoms with Crippen LogP contribution in [0.15, 0.2) is 103 Å². The molecule has 0 saturated carbocycles. The highest BCUT2D eigenvalue weighted by Crippen LogP contribution is 2.40. The van der Waals surface area contributed by atoms with E-state index in [0.29, 0.717) is 16.8 Å². The Hall–Kier alpha value is -4.98. The number of pyridine rings is 1. The predicted octanol–water partition coefficient (Wildman–Crippen LogP) is 8.28. The highest BCUT2D eigenvalue weighted by atomic mass is 19.4. The third-order valence-corrected chi connectivity index (χ3v) is 6.36. The number of alkyl halides is 3. The molecule has 0 bridgehead atoms. The van der Waals surface area contributed by atoms with E-state index in [2.05, 4.69) is 4.98 Å². The number of aromatic nitrogens is 1. The number of benzene rings is 4. The standard InChI is InChI=1S/C31H21F3N2O3/c1-19-13-15-22(16-14-19)36(30(38)39)23-10-5-9-21(17-23)27-24-11-6-12-26(31(32,33)34)28(24)35-18-25(27)29(37)20-7-3-2-4-8-20/h2-18H,1H3,(H,38,39). The van der Waals surface area contributed by atoms with Crippen molar-refractivity contribution in [2.45, 2.75) is 13.1 Å². The molecule has 0 spiro atoms. The largest absolute Gasteiger partial charge is 0.464 e. The highest BCUT2D eigenvalue weighted by Gasteiger charge is 2.34. The fourth-order valence-corrected chi connectivity index (χ4v) is 4.54. The molecule has 1 amide bonds. The summed E-state index contributed by atoms with van der Waals surface area (Å²) in [5.41, 5.74) is 1.42. The number of hydrogen-bond acceptors (Lipinski definition) is 3. The van der Waals surface area contributed by atoms with Crippen LogP contribution < -0.4 is 4.90 Å². The van der Waals surface area contributed by atoms with Gasteiger partial charge in [-0.15, -0.1) is 0 Å². The topological polar surface area (TPSA) is 70.5 Å². The molecule has 194 valence electrons. The van der Waals surface area contributed by atoms with E-state index in [1.54, 1.807) is 78.9 Å². The van der Waals surface area contributed by atoms with Crippen LogP contribution in [0.25, 0.3) is 22.0 Å². The predicted molar refractivity (Wildman–Crippen MR) is 143 cm³/mol. The van der Waals surface area contributed by atoms with Crippen LogP contribution in [0.1, 0.15) is 27.0 Å². The van der Waals surface area contributed by atoms with Gasteiger partial charge in [0.2, 0.25) is 0 Å². The number of carbonyl (C=O) groups excluding carboxylic acids is 1. The average Bonchev–Trinajstić information content (AvgIpc) is 2.93. The summed E-state index contributed by atoms with van der Waals surface area (Å²) in [4.78, 5) is 31.0. The molecule has 1 N–H and O–H groups in total. The average molecular weight is 527 g/mol. The fraction of sp³-hybridized carbons (Fsp3) is 0.0645. The van der Waals surface area contributed by atoms with Crippen LogP contribution in [0.5, 0.6) is 0 Å². The van der Waals surface area contributed by atoms with Gasteiger partial charge in [-0.3, -0.25) is 9.78 Å². The lowest BCUT2D eigenvalue weighted by Crippen LogP contribution is -2.23. The fourth-order valence-electron chi connectivity index (χ4n) is 4.54. The molecule has 5 nitrogen and oxygen atoms in total. The van der Waals surface area contributed by atoms with Crippen molar-refractivity contribution in [3.05, 3.63) is 126 Å². The molecule has 0 atom stereocenters. The van der Waals surface area contributed by atoms with Gasteiger partial charge in [0.1, 0.15) is 0 Å². The van der Waals surface area contributed by atoms with Crippen molar-refractivity contribution in [3.8, 4) is 11.1 Å². The first-order chi connectivity index (χ1) is 18.6. The number of carboxylic acid groups (broad SMARTS) is 1. The lowest BCUT2D eigenvalue weighted by Gasteiger charge is -2.21. The minimum Gasteiger partial charge on any atom is -0.464 e. The summed E-state index contributed by atoms with van der Waals surface area (Å²) in [5, 5.41) is 10.2. The molecule has 5 aromatic rings. The third kappa shape index (κ3) is 4.96. The van der Waals surface area contributed by atoms with E-state index in [-0.39, 0.29) is 27.7 Å². The zero-order valence-electron chi connectivity index (χ0n) is 20.6. The van der Waals surface area contributed by atoms with Crippen LogP contribution in [0, 0.1) is 6.92 Å². The molecular formula is C31H21F3N2O3. The van der Waals surface area contributed by atoms with Crippen molar-refractivity contribution in [2.24, 2.45) is 0 Å². The zero-order valence-corrected chi connectivity index (χ0v) is 20.6. The van der Waals surface area contributed by atoms with Crippen molar-refractivity contribution >= 4 is 34.2 Å². The number of anilines is 2. The quantitative estimate of drug-likeness (QED) is 0.234. The van der Waals surface area contributed by atoms with Gasteiger partial charge in [-0.05, 0) is 42.8 Å². The van der Waals surface area contributed by atoms with E-state index < -0.39 is 23.6 Å². The molecule has 39 heavy (non-hydrogen) atoms.